The maximum absolute atomic E-state index is 12.0. The van der Waals surface area contributed by atoms with Gasteiger partial charge in [0.2, 0.25) is 5.78 Å². The van der Waals surface area contributed by atoms with E-state index in [4.69, 9.17) is 9.47 Å². The van der Waals surface area contributed by atoms with Crippen molar-refractivity contribution in [2.45, 2.75) is 0 Å². The quantitative estimate of drug-likeness (QED) is 0.814. The van der Waals surface area contributed by atoms with Gasteiger partial charge < -0.3 is 9.47 Å². The number of carbonyl (C=O) groups excluding carboxylic acids is 1. The normalized spacial score (nSPS) is 10.0. The molecular weight excluding hydrogens is 220 g/mol. The van der Waals surface area contributed by atoms with Gasteiger partial charge in [-0.3, -0.25) is 9.89 Å². The zero-order chi connectivity index (χ0) is 12.3. The van der Waals surface area contributed by atoms with E-state index in [1.54, 1.807) is 31.4 Å². The number of carbonyl (C=O) groups is 1. The Hall–Kier alpha value is -2.30. The zero-order valence-corrected chi connectivity index (χ0v) is 9.56. The van der Waals surface area contributed by atoms with E-state index in [1.807, 2.05) is 0 Å². The molecule has 5 nitrogen and oxygen atoms in total. The fraction of sp³-hybridized carbons (Fsp3) is 0.167. The van der Waals surface area contributed by atoms with Crippen molar-refractivity contribution in [3.63, 3.8) is 0 Å². The molecule has 88 valence electrons. The minimum Gasteiger partial charge on any atom is -0.493 e. The molecule has 2 aromatic rings. The lowest BCUT2D eigenvalue weighted by atomic mass is 10.1. The largest absolute Gasteiger partial charge is 0.493 e. The SMILES string of the molecule is COc1ccc(C(=O)c2ccn[nH]2)cc1OC. The molecule has 5 heteroatoms. The molecule has 1 aromatic heterocycles. The van der Waals surface area contributed by atoms with Crippen LogP contribution in [0, 0.1) is 0 Å². The predicted octanol–water partition coefficient (Wildman–Crippen LogP) is 1.66. The summed E-state index contributed by atoms with van der Waals surface area (Å²) in [6, 6.07) is 6.65. The van der Waals surface area contributed by atoms with E-state index in [0.717, 1.165) is 0 Å². The first-order chi connectivity index (χ1) is 8.26. The molecule has 0 fully saturated rings. The summed E-state index contributed by atoms with van der Waals surface area (Å²) in [6.45, 7) is 0. The number of nitrogens with one attached hydrogen (secondary N) is 1. The molecular formula is C12H12N2O3. The van der Waals surface area contributed by atoms with Crippen LogP contribution < -0.4 is 9.47 Å². The summed E-state index contributed by atoms with van der Waals surface area (Å²) in [5.41, 5.74) is 0.962. The summed E-state index contributed by atoms with van der Waals surface area (Å²) < 4.78 is 10.2. The molecule has 0 spiro atoms. The number of ketones is 1. The average molecular weight is 232 g/mol. The lowest BCUT2D eigenvalue weighted by molar-refractivity contribution is 0.103. The first kappa shape index (κ1) is 11.2. The molecule has 0 saturated carbocycles. The summed E-state index contributed by atoms with van der Waals surface area (Å²) in [5, 5.41) is 6.37. The predicted molar refractivity (Wildman–Crippen MR) is 61.6 cm³/mol. The third-order valence-electron chi connectivity index (χ3n) is 2.39. The monoisotopic (exact) mass is 232 g/mol. The van der Waals surface area contributed by atoms with E-state index in [0.29, 0.717) is 22.8 Å². The van der Waals surface area contributed by atoms with E-state index in [1.165, 1.54) is 13.3 Å². The molecule has 0 aliphatic rings. The summed E-state index contributed by atoms with van der Waals surface area (Å²) in [6.07, 6.45) is 1.54. The lowest BCUT2D eigenvalue weighted by Gasteiger charge is -2.08. The Morgan fingerprint density at radius 2 is 1.94 bits per heavy atom. The van der Waals surface area contributed by atoms with Crippen molar-refractivity contribution < 1.29 is 14.3 Å². The van der Waals surface area contributed by atoms with Crippen molar-refractivity contribution >= 4 is 5.78 Å². The first-order valence-corrected chi connectivity index (χ1v) is 5.02. The van der Waals surface area contributed by atoms with Crippen LogP contribution >= 0.6 is 0 Å². The second kappa shape index (κ2) is 4.69. The summed E-state index contributed by atoms with van der Waals surface area (Å²) in [4.78, 5) is 12.0. The molecule has 0 radical (unpaired) electrons. The van der Waals surface area contributed by atoms with Crippen molar-refractivity contribution in [2.75, 3.05) is 14.2 Å². The standard InChI is InChI=1S/C12H12N2O3/c1-16-10-4-3-8(7-11(10)17-2)12(15)9-5-6-13-14-9/h3-7H,1-2H3,(H,13,14). The van der Waals surface area contributed by atoms with Gasteiger partial charge in [0.15, 0.2) is 11.5 Å². The van der Waals surface area contributed by atoms with Gasteiger partial charge in [0.1, 0.15) is 5.69 Å². The molecule has 1 heterocycles. The van der Waals surface area contributed by atoms with Crippen molar-refractivity contribution in [3.8, 4) is 11.5 Å². The second-order valence-electron chi connectivity index (χ2n) is 3.37. The Kier molecular flexibility index (Phi) is 3.09. The highest BCUT2D eigenvalue weighted by atomic mass is 16.5. The first-order valence-electron chi connectivity index (χ1n) is 5.02. The van der Waals surface area contributed by atoms with E-state index >= 15 is 0 Å². The van der Waals surface area contributed by atoms with Gasteiger partial charge in [-0.1, -0.05) is 0 Å². The van der Waals surface area contributed by atoms with E-state index in [2.05, 4.69) is 10.2 Å². The minimum absolute atomic E-state index is 0.136. The molecule has 1 N–H and O–H groups in total. The fourth-order valence-corrected chi connectivity index (χ4v) is 1.52. The number of rotatable bonds is 4. The van der Waals surface area contributed by atoms with Crippen LogP contribution in [-0.2, 0) is 0 Å². The Morgan fingerprint density at radius 3 is 2.53 bits per heavy atom. The molecule has 0 saturated heterocycles. The van der Waals surface area contributed by atoms with Gasteiger partial charge in [-0.15, -0.1) is 0 Å². The average Bonchev–Trinajstić information content (AvgIpc) is 2.90. The maximum Gasteiger partial charge on any atom is 0.210 e. The van der Waals surface area contributed by atoms with Crippen molar-refractivity contribution in [1.82, 2.24) is 10.2 Å². The van der Waals surface area contributed by atoms with Crippen LogP contribution in [0.2, 0.25) is 0 Å². The Bertz CT molecular complexity index is 521. The van der Waals surface area contributed by atoms with Crippen LogP contribution in [-0.4, -0.2) is 30.2 Å². The van der Waals surface area contributed by atoms with Crippen LogP contribution in [0.15, 0.2) is 30.5 Å². The zero-order valence-electron chi connectivity index (χ0n) is 9.56. The third-order valence-corrected chi connectivity index (χ3v) is 2.39. The van der Waals surface area contributed by atoms with Crippen molar-refractivity contribution in [3.05, 3.63) is 41.7 Å². The minimum atomic E-state index is -0.136. The van der Waals surface area contributed by atoms with Crippen LogP contribution in [0.1, 0.15) is 16.1 Å². The highest BCUT2D eigenvalue weighted by molar-refractivity contribution is 6.07. The van der Waals surface area contributed by atoms with Crippen molar-refractivity contribution in [2.24, 2.45) is 0 Å². The number of aromatic nitrogens is 2. The molecule has 0 bridgehead atoms. The number of aromatic amines is 1. The van der Waals surface area contributed by atoms with Gasteiger partial charge in [-0.05, 0) is 24.3 Å². The second-order valence-corrected chi connectivity index (χ2v) is 3.37. The van der Waals surface area contributed by atoms with Gasteiger partial charge in [0.05, 0.1) is 14.2 Å². The van der Waals surface area contributed by atoms with Gasteiger partial charge in [-0.25, -0.2) is 0 Å². The molecule has 0 aliphatic heterocycles. The smallest absolute Gasteiger partial charge is 0.210 e. The number of hydrogen-bond donors (Lipinski definition) is 1. The number of nitrogens with zero attached hydrogens (tertiary/aromatic N) is 1. The number of ether oxygens (including phenoxy) is 2. The van der Waals surface area contributed by atoms with Crippen LogP contribution in [0.3, 0.4) is 0 Å². The van der Waals surface area contributed by atoms with E-state index in [9.17, 15) is 4.79 Å². The summed E-state index contributed by atoms with van der Waals surface area (Å²) in [7, 11) is 3.08. The Labute approximate surface area is 98.4 Å². The Balaban J connectivity index is 2.37. The molecule has 0 amide bonds. The number of benzene rings is 1. The molecule has 0 aliphatic carbocycles. The topological polar surface area (TPSA) is 64.2 Å². The number of H-pyrrole nitrogens is 1. The maximum atomic E-state index is 12.0. The number of hydrogen-bond acceptors (Lipinski definition) is 4. The fourth-order valence-electron chi connectivity index (χ4n) is 1.52. The van der Waals surface area contributed by atoms with Crippen LogP contribution in [0.5, 0.6) is 11.5 Å². The molecule has 17 heavy (non-hydrogen) atoms. The molecule has 1 aromatic carbocycles. The molecule has 0 atom stereocenters. The van der Waals surface area contributed by atoms with E-state index in [-0.39, 0.29) is 5.78 Å². The third kappa shape index (κ3) is 2.13. The summed E-state index contributed by atoms with van der Waals surface area (Å²) >= 11 is 0. The van der Waals surface area contributed by atoms with Crippen LogP contribution in [0.4, 0.5) is 0 Å². The molecule has 2 rings (SSSR count). The highest BCUT2D eigenvalue weighted by Crippen LogP contribution is 2.28. The van der Waals surface area contributed by atoms with Gasteiger partial charge in [-0.2, -0.15) is 5.10 Å². The Morgan fingerprint density at radius 1 is 1.18 bits per heavy atom. The lowest BCUT2D eigenvalue weighted by Crippen LogP contribution is -2.03. The number of methoxy groups -OCH3 is 2. The van der Waals surface area contributed by atoms with Crippen molar-refractivity contribution in [1.29, 1.82) is 0 Å². The van der Waals surface area contributed by atoms with Gasteiger partial charge in [0, 0.05) is 11.8 Å². The summed E-state index contributed by atoms with van der Waals surface area (Å²) in [5.74, 6) is 0.981. The van der Waals surface area contributed by atoms with Gasteiger partial charge in [0.25, 0.3) is 0 Å². The van der Waals surface area contributed by atoms with Crippen LogP contribution in [0.25, 0.3) is 0 Å². The van der Waals surface area contributed by atoms with Gasteiger partial charge >= 0.3 is 0 Å². The highest BCUT2D eigenvalue weighted by Gasteiger charge is 2.13. The van der Waals surface area contributed by atoms with E-state index < -0.39 is 0 Å². The molecule has 0 unspecified atom stereocenters.